The van der Waals surface area contributed by atoms with Gasteiger partial charge in [0.2, 0.25) is 6.79 Å². The number of nitrogens with zero attached hydrogens (tertiary/aromatic N) is 2. The number of hydrogen-bond donors (Lipinski definition) is 1. The number of benzene rings is 2. The molecule has 4 rings (SSSR count). The second kappa shape index (κ2) is 6.55. The first-order valence-corrected chi connectivity index (χ1v) is 8.39. The van der Waals surface area contributed by atoms with E-state index in [1.165, 1.54) is 0 Å². The summed E-state index contributed by atoms with van der Waals surface area (Å²) in [6.07, 6.45) is 1.82. The van der Waals surface area contributed by atoms with Crippen LogP contribution in [0.4, 0.5) is 0 Å². The number of ether oxygens (including phenoxy) is 2. The van der Waals surface area contributed by atoms with Crippen molar-refractivity contribution in [2.45, 2.75) is 20.4 Å². The SMILES string of the molecule is Cc1ncn(-c2ccc(CNC(=O)c3ccc4c(c3)OCO4)cc2)c1C. The van der Waals surface area contributed by atoms with Gasteiger partial charge in [0.25, 0.3) is 5.91 Å². The second-order valence-electron chi connectivity index (χ2n) is 6.20. The van der Waals surface area contributed by atoms with Crippen molar-refractivity contribution in [3.05, 3.63) is 71.3 Å². The maximum atomic E-state index is 12.3. The van der Waals surface area contributed by atoms with Crippen LogP contribution in [0.1, 0.15) is 27.3 Å². The van der Waals surface area contributed by atoms with Gasteiger partial charge >= 0.3 is 0 Å². The van der Waals surface area contributed by atoms with Crippen molar-refractivity contribution in [1.29, 1.82) is 0 Å². The van der Waals surface area contributed by atoms with E-state index in [9.17, 15) is 4.79 Å². The minimum atomic E-state index is -0.145. The third-order valence-corrected chi connectivity index (χ3v) is 4.55. The standard InChI is InChI=1S/C20H19N3O3/c1-13-14(2)23(11-22-13)17-6-3-15(4-7-17)10-21-20(24)16-5-8-18-19(9-16)26-12-25-18/h3-9,11H,10,12H2,1-2H3,(H,21,24). The van der Waals surface area contributed by atoms with Crippen molar-refractivity contribution in [3.63, 3.8) is 0 Å². The Kier molecular flexibility index (Phi) is 4.08. The van der Waals surface area contributed by atoms with E-state index in [2.05, 4.69) is 10.3 Å². The third-order valence-electron chi connectivity index (χ3n) is 4.55. The fourth-order valence-electron chi connectivity index (χ4n) is 2.86. The minimum Gasteiger partial charge on any atom is -0.454 e. The summed E-state index contributed by atoms with van der Waals surface area (Å²) in [4.78, 5) is 16.7. The van der Waals surface area contributed by atoms with E-state index in [-0.39, 0.29) is 12.7 Å². The van der Waals surface area contributed by atoms with E-state index in [1.54, 1.807) is 18.2 Å². The average molecular weight is 349 g/mol. The molecule has 1 amide bonds. The molecule has 1 aromatic heterocycles. The van der Waals surface area contributed by atoms with E-state index in [1.807, 2.05) is 49.0 Å². The van der Waals surface area contributed by atoms with Crippen molar-refractivity contribution in [2.75, 3.05) is 6.79 Å². The summed E-state index contributed by atoms with van der Waals surface area (Å²) in [6.45, 7) is 4.69. The summed E-state index contributed by atoms with van der Waals surface area (Å²) < 4.78 is 12.6. The van der Waals surface area contributed by atoms with E-state index >= 15 is 0 Å². The largest absolute Gasteiger partial charge is 0.454 e. The number of carbonyl (C=O) groups excluding carboxylic acids is 1. The molecule has 0 saturated heterocycles. The highest BCUT2D eigenvalue weighted by Gasteiger charge is 2.16. The van der Waals surface area contributed by atoms with Crippen LogP contribution in [0.5, 0.6) is 11.5 Å². The van der Waals surface area contributed by atoms with Gasteiger partial charge in [-0.15, -0.1) is 0 Å². The fourth-order valence-corrected chi connectivity index (χ4v) is 2.86. The topological polar surface area (TPSA) is 65.4 Å². The lowest BCUT2D eigenvalue weighted by Gasteiger charge is -2.09. The number of fused-ring (bicyclic) bond motifs is 1. The zero-order valence-corrected chi connectivity index (χ0v) is 14.7. The van der Waals surface area contributed by atoms with Crippen LogP contribution in [0.2, 0.25) is 0 Å². The third kappa shape index (κ3) is 3.01. The zero-order valence-electron chi connectivity index (χ0n) is 14.7. The Hall–Kier alpha value is -3.28. The lowest BCUT2D eigenvalue weighted by molar-refractivity contribution is 0.0950. The van der Waals surface area contributed by atoms with Gasteiger partial charge in [-0.3, -0.25) is 4.79 Å². The number of carbonyl (C=O) groups is 1. The molecule has 0 bridgehead atoms. The predicted octanol–water partition coefficient (Wildman–Crippen LogP) is 3.15. The molecule has 1 aliphatic rings. The van der Waals surface area contributed by atoms with Crippen molar-refractivity contribution in [3.8, 4) is 17.2 Å². The summed E-state index contributed by atoms with van der Waals surface area (Å²) in [5.74, 6) is 1.13. The molecule has 1 N–H and O–H groups in total. The lowest BCUT2D eigenvalue weighted by atomic mass is 10.1. The molecule has 1 aliphatic heterocycles. The molecule has 0 radical (unpaired) electrons. The molecule has 0 unspecified atom stereocenters. The van der Waals surface area contributed by atoms with Gasteiger partial charge in [0.05, 0.1) is 12.0 Å². The molecule has 6 heteroatoms. The molecule has 132 valence electrons. The Balaban J connectivity index is 1.41. The molecule has 0 atom stereocenters. The van der Waals surface area contributed by atoms with Crippen LogP contribution in [0.3, 0.4) is 0 Å². The first-order valence-electron chi connectivity index (χ1n) is 8.39. The van der Waals surface area contributed by atoms with E-state index < -0.39 is 0 Å². The van der Waals surface area contributed by atoms with Gasteiger partial charge < -0.3 is 19.4 Å². The molecule has 0 spiro atoms. The van der Waals surface area contributed by atoms with Gasteiger partial charge in [-0.1, -0.05) is 12.1 Å². The van der Waals surface area contributed by atoms with Crippen LogP contribution in [0.25, 0.3) is 5.69 Å². The quantitative estimate of drug-likeness (QED) is 0.786. The molecule has 0 fully saturated rings. The smallest absolute Gasteiger partial charge is 0.251 e. The highest BCUT2D eigenvalue weighted by molar-refractivity contribution is 5.94. The van der Waals surface area contributed by atoms with Gasteiger partial charge in [-0.2, -0.15) is 0 Å². The van der Waals surface area contributed by atoms with Gasteiger partial charge in [-0.25, -0.2) is 4.98 Å². The Morgan fingerprint density at radius 3 is 2.62 bits per heavy atom. The number of hydrogen-bond acceptors (Lipinski definition) is 4. The van der Waals surface area contributed by atoms with Crippen molar-refractivity contribution in [1.82, 2.24) is 14.9 Å². The number of nitrogens with one attached hydrogen (secondary N) is 1. The van der Waals surface area contributed by atoms with Gasteiger partial charge in [0, 0.05) is 23.5 Å². The Morgan fingerprint density at radius 1 is 1.12 bits per heavy atom. The summed E-state index contributed by atoms with van der Waals surface area (Å²) >= 11 is 0. The average Bonchev–Trinajstić information content (AvgIpc) is 3.26. The maximum Gasteiger partial charge on any atom is 0.251 e. The van der Waals surface area contributed by atoms with E-state index in [0.717, 1.165) is 22.6 Å². The molecule has 0 saturated carbocycles. The van der Waals surface area contributed by atoms with Gasteiger partial charge in [0.1, 0.15) is 0 Å². The van der Waals surface area contributed by atoms with Crippen molar-refractivity contribution < 1.29 is 14.3 Å². The Labute approximate surface area is 151 Å². The summed E-state index contributed by atoms with van der Waals surface area (Å²) in [5, 5.41) is 2.93. The van der Waals surface area contributed by atoms with Gasteiger partial charge in [0.15, 0.2) is 11.5 Å². The van der Waals surface area contributed by atoms with Crippen LogP contribution >= 0.6 is 0 Å². The van der Waals surface area contributed by atoms with Crippen LogP contribution in [0.15, 0.2) is 48.8 Å². The first kappa shape index (κ1) is 16.2. The summed E-state index contributed by atoms with van der Waals surface area (Å²) in [5.41, 5.74) is 4.76. The van der Waals surface area contributed by atoms with Crippen LogP contribution < -0.4 is 14.8 Å². The molecule has 3 aromatic rings. The Bertz CT molecular complexity index is 961. The highest BCUT2D eigenvalue weighted by Crippen LogP contribution is 2.32. The molecule has 6 nitrogen and oxygen atoms in total. The first-order chi connectivity index (χ1) is 12.6. The second-order valence-corrected chi connectivity index (χ2v) is 6.20. The zero-order chi connectivity index (χ0) is 18.1. The molecule has 2 aromatic carbocycles. The van der Waals surface area contributed by atoms with Gasteiger partial charge in [-0.05, 0) is 49.7 Å². The molecular weight excluding hydrogens is 330 g/mol. The predicted molar refractivity (Wildman–Crippen MR) is 96.8 cm³/mol. The number of amides is 1. The van der Waals surface area contributed by atoms with Crippen molar-refractivity contribution >= 4 is 5.91 Å². The molecule has 0 aliphatic carbocycles. The van der Waals surface area contributed by atoms with Crippen LogP contribution in [0, 0.1) is 13.8 Å². The monoisotopic (exact) mass is 349 g/mol. The fraction of sp³-hybridized carbons (Fsp3) is 0.200. The number of imidazole rings is 1. The normalized spacial score (nSPS) is 12.2. The molecule has 2 heterocycles. The maximum absolute atomic E-state index is 12.3. The minimum absolute atomic E-state index is 0.145. The number of aryl methyl sites for hydroxylation is 1. The number of aromatic nitrogens is 2. The lowest BCUT2D eigenvalue weighted by Crippen LogP contribution is -2.22. The molecule has 26 heavy (non-hydrogen) atoms. The molecular formula is C20H19N3O3. The van der Waals surface area contributed by atoms with Crippen LogP contribution in [-0.4, -0.2) is 22.3 Å². The van der Waals surface area contributed by atoms with Crippen LogP contribution in [-0.2, 0) is 6.54 Å². The van der Waals surface area contributed by atoms with E-state index in [4.69, 9.17) is 9.47 Å². The Morgan fingerprint density at radius 2 is 1.88 bits per heavy atom. The summed E-state index contributed by atoms with van der Waals surface area (Å²) in [6, 6.07) is 13.2. The highest BCUT2D eigenvalue weighted by atomic mass is 16.7. The van der Waals surface area contributed by atoms with Crippen molar-refractivity contribution in [2.24, 2.45) is 0 Å². The number of rotatable bonds is 4. The summed E-state index contributed by atoms with van der Waals surface area (Å²) in [7, 11) is 0. The van der Waals surface area contributed by atoms with E-state index in [0.29, 0.717) is 23.6 Å².